The van der Waals surface area contributed by atoms with E-state index < -0.39 is 0 Å². The lowest BCUT2D eigenvalue weighted by atomic mass is 10.2. The molecule has 0 radical (unpaired) electrons. The van der Waals surface area contributed by atoms with Crippen LogP contribution in [-0.4, -0.2) is 10.1 Å². The van der Waals surface area contributed by atoms with Gasteiger partial charge in [0.05, 0.1) is 6.61 Å². The van der Waals surface area contributed by atoms with Crippen LogP contribution in [0.1, 0.15) is 5.56 Å². The quantitative estimate of drug-likeness (QED) is 0.784. The zero-order valence-electron chi connectivity index (χ0n) is 9.43. The van der Waals surface area contributed by atoms with Crippen LogP contribution in [0.25, 0.3) is 22.6 Å². The minimum atomic E-state index is 0.0103. The fourth-order valence-electron chi connectivity index (χ4n) is 1.79. The van der Waals surface area contributed by atoms with Crippen LogP contribution in [0.2, 0.25) is 0 Å². The van der Waals surface area contributed by atoms with Crippen molar-refractivity contribution in [3.63, 3.8) is 0 Å². The maximum absolute atomic E-state index is 9.09. The molecule has 1 heterocycles. The molecule has 0 atom stereocenters. The molecule has 2 aromatic carbocycles. The lowest BCUT2D eigenvalue weighted by molar-refractivity contribution is 0.282. The summed E-state index contributed by atoms with van der Waals surface area (Å²) in [6.07, 6.45) is 0. The molecule has 4 heteroatoms. The second-order valence-corrected chi connectivity index (χ2v) is 4.90. The standard InChI is InChI=1S/C14H10BrNO2/c15-11-4-2-10(3-5-11)14-16-12-7-9(8-17)1-6-13(12)18-14/h1-7,17H,8H2. The van der Waals surface area contributed by atoms with Gasteiger partial charge in [-0.1, -0.05) is 22.0 Å². The Morgan fingerprint density at radius 1 is 1.11 bits per heavy atom. The first-order valence-electron chi connectivity index (χ1n) is 5.52. The highest BCUT2D eigenvalue weighted by Crippen LogP contribution is 2.26. The number of oxazole rings is 1. The molecular weight excluding hydrogens is 294 g/mol. The van der Waals surface area contributed by atoms with Crippen molar-refractivity contribution >= 4 is 27.0 Å². The van der Waals surface area contributed by atoms with E-state index in [-0.39, 0.29) is 6.61 Å². The Bertz CT molecular complexity index is 689. The van der Waals surface area contributed by atoms with Crippen LogP contribution in [0.3, 0.4) is 0 Å². The Kier molecular flexibility index (Phi) is 2.89. The van der Waals surface area contributed by atoms with Crippen molar-refractivity contribution in [2.24, 2.45) is 0 Å². The van der Waals surface area contributed by atoms with Crippen LogP contribution in [-0.2, 0) is 6.61 Å². The molecule has 18 heavy (non-hydrogen) atoms. The van der Waals surface area contributed by atoms with Crippen molar-refractivity contribution in [1.82, 2.24) is 4.98 Å². The van der Waals surface area contributed by atoms with Gasteiger partial charge in [-0.25, -0.2) is 4.98 Å². The van der Waals surface area contributed by atoms with Crippen LogP contribution in [0, 0.1) is 0 Å². The molecule has 1 aromatic heterocycles. The van der Waals surface area contributed by atoms with Gasteiger partial charge in [0.25, 0.3) is 0 Å². The van der Waals surface area contributed by atoms with E-state index in [9.17, 15) is 0 Å². The van der Waals surface area contributed by atoms with Gasteiger partial charge in [0.2, 0.25) is 5.89 Å². The van der Waals surface area contributed by atoms with Crippen LogP contribution >= 0.6 is 15.9 Å². The average molecular weight is 304 g/mol. The van der Waals surface area contributed by atoms with E-state index in [2.05, 4.69) is 20.9 Å². The van der Waals surface area contributed by atoms with Crippen molar-refractivity contribution < 1.29 is 9.52 Å². The van der Waals surface area contributed by atoms with Crippen molar-refractivity contribution in [3.05, 3.63) is 52.5 Å². The van der Waals surface area contributed by atoms with Gasteiger partial charge in [-0.05, 0) is 42.0 Å². The van der Waals surface area contributed by atoms with Gasteiger partial charge in [0.15, 0.2) is 5.58 Å². The topological polar surface area (TPSA) is 46.3 Å². The number of halogens is 1. The van der Waals surface area contributed by atoms with Gasteiger partial charge < -0.3 is 9.52 Å². The molecule has 0 spiro atoms. The summed E-state index contributed by atoms with van der Waals surface area (Å²) in [7, 11) is 0. The Hall–Kier alpha value is -1.65. The maximum Gasteiger partial charge on any atom is 0.227 e. The van der Waals surface area contributed by atoms with Crippen molar-refractivity contribution in [3.8, 4) is 11.5 Å². The van der Waals surface area contributed by atoms with Gasteiger partial charge in [-0.2, -0.15) is 0 Å². The molecule has 0 saturated carbocycles. The highest BCUT2D eigenvalue weighted by molar-refractivity contribution is 9.10. The normalized spacial score (nSPS) is 11.0. The van der Waals surface area contributed by atoms with E-state index in [0.29, 0.717) is 5.89 Å². The van der Waals surface area contributed by atoms with E-state index in [4.69, 9.17) is 9.52 Å². The van der Waals surface area contributed by atoms with Crippen LogP contribution in [0.5, 0.6) is 0 Å². The molecule has 0 aliphatic carbocycles. The first kappa shape index (κ1) is 11.4. The van der Waals surface area contributed by atoms with Gasteiger partial charge in [-0.3, -0.25) is 0 Å². The Morgan fingerprint density at radius 2 is 1.89 bits per heavy atom. The molecular formula is C14H10BrNO2. The lowest BCUT2D eigenvalue weighted by Crippen LogP contribution is -1.81. The molecule has 3 nitrogen and oxygen atoms in total. The number of aliphatic hydroxyl groups is 1. The predicted octanol–water partition coefficient (Wildman–Crippen LogP) is 3.75. The van der Waals surface area contributed by atoms with Gasteiger partial charge in [-0.15, -0.1) is 0 Å². The monoisotopic (exact) mass is 303 g/mol. The molecule has 90 valence electrons. The van der Waals surface area contributed by atoms with E-state index >= 15 is 0 Å². The highest BCUT2D eigenvalue weighted by atomic mass is 79.9. The molecule has 0 amide bonds. The summed E-state index contributed by atoms with van der Waals surface area (Å²) >= 11 is 3.39. The zero-order chi connectivity index (χ0) is 12.5. The molecule has 1 N–H and O–H groups in total. The van der Waals surface area contributed by atoms with Crippen LogP contribution < -0.4 is 0 Å². The van der Waals surface area contributed by atoms with Gasteiger partial charge >= 0.3 is 0 Å². The van der Waals surface area contributed by atoms with Gasteiger partial charge in [0, 0.05) is 10.0 Å². The summed E-state index contributed by atoms with van der Waals surface area (Å²) in [5.74, 6) is 0.590. The van der Waals surface area contributed by atoms with Crippen LogP contribution in [0.4, 0.5) is 0 Å². The van der Waals surface area contributed by atoms with E-state index in [1.165, 1.54) is 0 Å². The molecule has 0 saturated heterocycles. The average Bonchev–Trinajstić information content (AvgIpc) is 2.82. The van der Waals surface area contributed by atoms with Crippen molar-refractivity contribution in [1.29, 1.82) is 0 Å². The summed E-state index contributed by atoms with van der Waals surface area (Å²) < 4.78 is 6.70. The van der Waals surface area contributed by atoms with E-state index in [0.717, 1.165) is 26.7 Å². The number of hydrogen-bond donors (Lipinski definition) is 1. The Balaban J connectivity index is 2.10. The zero-order valence-corrected chi connectivity index (χ0v) is 11.0. The van der Waals surface area contributed by atoms with Gasteiger partial charge in [0.1, 0.15) is 5.52 Å². The summed E-state index contributed by atoms with van der Waals surface area (Å²) in [5, 5.41) is 9.09. The number of benzene rings is 2. The maximum atomic E-state index is 9.09. The third kappa shape index (κ3) is 2.05. The SMILES string of the molecule is OCc1ccc2oc(-c3ccc(Br)cc3)nc2c1. The fourth-order valence-corrected chi connectivity index (χ4v) is 2.05. The minimum Gasteiger partial charge on any atom is -0.436 e. The number of rotatable bonds is 2. The highest BCUT2D eigenvalue weighted by Gasteiger charge is 2.08. The minimum absolute atomic E-state index is 0.0103. The number of aliphatic hydroxyl groups excluding tert-OH is 1. The van der Waals surface area contributed by atoms with Crippen molar-refractivity contribution in [2.45, 2.75) is 6.61 Å². The molecule has 0 aliphatic rings. The van der Waals surface area contributed by atoms with Crippen LogP contribution in [0.15, 0.2) is 51.4 Å². The third-order valence-corrected chi connectivity index (χ3v) is 3.25. The Labute approximate surface area is 112 Å². The third-order valence-electron chi connectivity index (χ3n) is 2.73. The number of aromatic nitrogens is 1. The van der Waals surface area contributed by atoms with Crippen molar-refractivity contribution in [2.75, 3.05) is 0 Å². The second kappa shape index (κ2) is 4.55. The number of nitrogens with zero attached hydrogens (tertiary/aromatic N) is 1. The van der Waals surface area contributed by atoms with E-state index in [1.54, 1.807) is 0 Å². The Morgan fingerprint density at radius 3 is 2.61 bits per heavy atom. The second-order valence-electron chi connectivity index (χ2n) is 3.99. The first-order valence-corrected chi connectivity index (χ1v) is 6.32. The van der Waals surface area contributed by atoms with E-state index in [1.807, 2.05) is 42.5 Å². The largest absolute Gasteiger partial charge is 0.436 e. The molecule has 0 bridgehead atoms. The number of fused-ring (bicyclic) bond motifs is 1. The number of hydrogen-bond acceptors (Lipinski definition) is 3. The summed E-state index contributed by atoms with van der Waals surface area (Å²) in [6, 6.07) is 13.3. The lowest BCUT2D eigenvalue weighted by Gasteiger charge is -1.94. The molecule has 0 aliphatic heterocycles. The molecule has 3 aromatic rings. The molecule has 0 fully saturated rings. The summed E-state index contributed by atoms with van der Waals surface area (Å²) in [6.45, 7) is 0.0103. The summed E-state index contributed by atoms with van der Waals surface area (Å²) in [5.41, 5.74) is 3.25. The fraction of sp³-hybridized carbons (Fsp3) is 0.0714. The predicted molar refractivity (Wildman–Crippen MR) is 73.1 cm³/mol. The first-order chi connectivity index (χ1) is 8.76. The molecule has 3 rings (SSSR count). The summed E-state index contributed by atoms with van der Waals surface area (Å²) in [4.78, 5) is 4.43. The molecule has 0 unspecified atom stereocenters. The smallest absolute Gasteiger partial charge is 0.227 e.